The minimum absolute atomic E-state index is 0.0744. The van der Waals surface area contributed by atoms with Gasteiger partial charge in [0.15, 0.2) is 5.65 Å². The fourth-order valence-electron chi connectivity index (χ4n) is 3.37. The van der Waals surface area contributed by atoms with E-state index in [1.54, 1.807) is 18.3 Å². The van der Waals surface area contributed by atoms with Crippen molar-refractivity contribution in [2.24, 2.45) is 0 Å². The molecule has 0 aliphatic carbocycles. The number of aliphatic hydroxyl groups excluding tert-OH is 1. The van der Waals surface area contributed by atoms with E-state index < -0.39 is 6.10 Å². The molecule has 6 heteroatoms. The van der Waals surface area contributed by atoms with Crippen LogP contribution in [0.2, 0.25) is 0 Å². The number of nitrogens with zero attached hydrogens (tertiary/aromatic N) is 3. The highest BCUT2D eigenvalue weighted by Gasteiger charge is 2.17. The van der Waals surface area contributed by atoms with Crippen molar-refractivity contribution in [1.82, 2.24) is 14.5 Å². The Labute approximate surface area is 174 Å². The molecule has 0 radical (unpaired) electrons. The van der Waals surface area contributed by atoms with Crippen LogP contribution in [0.5, 0.6) is 0 Å². The van der Waals surface area contributed by atoms with Crippen LogP contribution in [0.15, 0.2) is 84.0 Å². The van der Waals surface area contributed by atoms with Gasteiger partial charge in [0.05, 0.1) is 24.6 Å². The van der Waals surface area contributed by atoms with Gasteiger partial charge in [0.1, 0.15) is 12.4 Å². The van der Waals surface area contributed by atoms with Gasteiger partial charge >= 0.3 is 0 Å². The molecule has 0 aliphatic heterocycles. The Kier molecular flexibility index (Phi) is 5.97. The summed E-state index contributed by atoms with van der Waals surface area (Å²) in [6.07, 6.45) is 1.83. The highest BCUT2D eigenvalue weighted by Crippen LogP contribution is 2.26. The summed E-state index contributed by atoms with van der Waals surface area (Å²) in [5.41, 5.74) is 3.35. The number of aryl methyl sites for hydroxylation is 1. The van der Waals surface area contributed by atoms with Gasteiger partial charge in [-0.05, 0) is 30.2 Å². The normalized spacial score (nSPS) is 13.3. The second-order valence-electron chi connectivity index (χ2n) is 7.27. The second-order valence-corrected chi connectivity index (χ2v) is 7.27. The molecule has 0 fully saturated rings. The Balaban J connectivity index is 1.50. The second kappa shape index (κ2) is 8.98. The Morgan fingerprint density at radius 1 is 0.967 bits per heavy atom. The van der Waals surface area contributed by atoms with E-state index in [0.717, 1.165) is 11.1 Å². The first-order valence-corrected chi connectivity index (χ1v) is 9.83. The van der Waals surface area contributed by atoms with Gasteiger partial charge in [0.2, 0.25) is 0 Å². The lowest BCUT2D eigenvalue weighted by Gasteiger charge is -2.21. The molecular weight excluding hydrogens is 378 g/mol. The van der Waals surface area contributed by atoms with E-state index >= 15 is 0 Å². The SMILES string of the molecule is Cc1ccc([C@H](OC[C@H](O)Cn2cnc3ncccc3c2=O)c2ccccc2)cc1. The van der Waals surface area contributed by atoms with Crippen LogP contribution in [0.3, 0.4) is 0 Å². The van der Waals surface area contributed by atoms with Crippen molar-refractivity contribution in [2.45, 2.75) is 25.7 Å². The lowest BCUT2D eigenvalue weighted by atomic mass is 10.0. The molecule has 4 rings (SSSR count). The smallest absolute Gasteiger partial charge is 0.262 e. The zero-order chi connectivity index (χ0) is 20.9. The zero-order valence-corrected chi connectivity index (χ0v) is 16.7. The minimum Gasteiger partial charge on any atom is -0.389 e. The fourth-order valence-corrected chi connectivity index (χ4v) is 3.37. The minimum atomic E-state index is -0.865. The summed E-state index contributed by atoms with van der Waals surface area (Å²) in [5, 5.41) is 11.0. The van der Waals surface area contributed by atoms with Gasteiger partial charge in [0, 0.05) is 6.20 Å². The number of rotatable bonds is 7. The summed E-state index contributed by atoms with van der Waals surface area (Å²) < 4.78 is 7.51. The summed E-state index contributed by atoms with van der Waals surface area (Å²) in [5.74, 6) is 0. The summed E-state index contributed by atoms with van der Waals surface area (Å²) in [6, 6.07) is 21.4. The third-order valence-electron chi connectivity index (χ3n) is 4.94. The first-order chi connectivity index (χ1) is 14.6. The van der Waals surface area contributed by atoms with Gasteiger partial charge in [-0.1, -0.05) is 60.2 Å². The van der Waals surface area contributed by atoms with Gasteiger partial charge < -0.3 is 9.84 Å². The molecule has 2 heterocycles. The molecule has 6 nitrogen and oxygen atoms in total. The molecule has 2 aromatic carbocycles. The summed E-state index contributed by atoms with van der Waals surface area (Å²) in [6.45, 7) is 2.20. The van der Waals surface area contributed by atoms with Crippen LogP contribution < -0.4 is 5.56 Å². The van der Waals surface area contributed by atoms with Crippen molar-refractivity contribution >= 4 is 11.0 Å². The Bertz CT molecular complexity index is 1170. The van der Waals surface area contributed by atoms with Gasteiger partial charge in [-0.25, -0.2) is 9.97 Å². The molecule has 0 saturated heterocycles. The topological polar surface area (TPSA) is 77.2 Å². The summed E-state index contributed by atoms with van der Waals surface area (Å²) >= 11 is 0. The van der Waals surface area contributed by atoms with Crippen LogP contribution in [-0.2, 0) is 11.3 Å². The van der Waals surface area contributed by atoms with E-state index in [4.69, 9.17) is 4.74 Å². The van der Waals surface area contributed by atoms with Crippen molar-refractivity contribution in [3.05, 3.63) is 106 Å². The number of fused-ring (bicyclic) bond motifs is 1. The molecule has 2 aromatic heterocycles. The average Bonchev–Trinajstić information content (AvgIpc) is 2.78. The molecule has 0 aliphatic rings. The monoisotopic (exact) mass is 401 g/mol. The van der Waals surface area contributed by atoms with Crippen molar-refractivity contribution in [2.75, 3.05) is 6.61 Å². The third kappa shape index (κ3) is 4.45. The van der Waals surface area contributed by atoms with Gasteiger partial charge in [-0.3, -0.25) is 9.36 Å². The molecule has 0 unspecified atom stereocenters. The van der Waals surface area contributed by atoms with E-state index in [9.17, 15) is 9.90 Å². The van der Waals surface area contributed by atoms with Gasteiger partial charge in [-0.15, -0.1) is 0 Å². The number of hydrogen-bond acceptors (Lipinski definition) is 5. The van der Waals surface area contributed by atoms with Crippen molar-refractivity contribution in [3.63, 3.8) is 0 Å². The predicted molar refractivity (Wildman–Crippen MR) is 115 cm³/mol. The number of pyridine rings is 1. The van der Waals surface area contributed by atoms with E-state index in [1.807, 2.05) is 61.5 Å². The number of ether oxygens (including phenoxy) is 1. The first kappa shape index (κ1) is 19.9. The van der Waals surface area contributed by atoms with Crippen LogP contribution in [-0.4, -0.2) is 32.4 Å². The van der Waals surface area contributed by atoms with Crippen molar-refractivity contribution in [1.29, 1.82) is 0 Å². The maximum atomic E-state index is 12.6. The molecule has 1 N–H and O–H groups in total. The molecule has 0 amide bonds. The van der Waals surface area contributed by atoms with E-state index in [-0.39, 0.29) is 24.8 Å². The van der Waals surface area contributed by atoms with Gasteiger partial charge in [-0.2, -0.15) is 0 Å². The Morgan fingerprint density at radius 2 is 1.70 bits per heavy atom. The summed E-state index contributed by atoms with van der Waals surface area (Å²) in [4.78, 5) is 20.9. The van der Waals surface area contributed by atoms with Crippen LogP contribution in [0, 0.1) is 6.92 Å². The summed E-state index contributed by atoms with van der Waals surface area (Å²) in [7, 11) is 0. The Hall–Kier alpha value is -3.35. The van der Waals surface area contributed by atoms with E-state index in [2.05, 4.69) is 9.97 Å². The predicted octanol–water partition coefficient (Wildman–Crippen LogP) is 3.27. The first-order valence-electron chi connectivity index (χ1n) is 9.83. The molecule has 2 atom stereocenters. The molecule has 0 bridgehead atoms. The molecule has 152 valence electrons. The van der Waals surface area contributed by atoms with Crippen LogP contribution in [0.4, 0.5) is 0 Å². The van der Waals surface area contributed by atoms with Crippen LogP contribution in [0.1, 0.15) is 22.8 Å². The van der Waals surface area contributed by atoms with Gasteiger partial charge in [0.25, 0.3) is 5.56 Å². The molecular formula is C24H23N3O3. The number of aromatic nitrogens is 3. The maximum absolute atomic E-state index is 12.6. The van der Waals surface area contributed by atoms with Crippen LogP contribution in [0.25, 0.3) is 11.0 Å². The van der Waals surface area contributed by atoms with Crippen LogP contribution >= 0.6 is 0 Å². The van der Waals surface area contributed by atoms with Crippen molar-refractivity contribution < 1.29 is 9.84 Å². The number of aliphatic hydroxyl groups is 1. The third-order valence-corrected chi connectivity index (χ3v) is 4.94. The Morgan fingerprint density at radius 3 is 2.47 bits per heavy atom. The maximum Gasteiger partial charge on any atom is 0.262 e. The zero-order valence-electron chi connectivity index (χ0n) is 16.7. The molecule has 0 spiro atoms. The highest BCUT2D eigenvalue weighted by molar-refractivity contribution is 5.72. The average molecular weight is 401 g/mol. The molecule has 0 saturated carbocycles. The standard InChI is InChI=1S/C24H23N3O3/c1-17-9-11-19(12-10-17)22(18-6-3-2-4-7-18)30-15-20(28)14-27-16-26-23-21(24(27)29)8-5-13-25-23/h2-13,16,20,22,28H,14-15H2,1H3/t20-,22-/m1/s1. The quantitative estimate of drug-likeness (QED) is 0.514. The van der Waals surface area contributed by atoms with E-state index in [0.29, 0.717) is 11.0 Å². The largest absolute Gasteiger partial charge is 0.389 e. The molecule has 30 heavy (non-hydrogen) atoms. The number of benzene rings is 2. The number of hydrogen-bond donors (Lipinski definition) is 1. The highest BCUT2D eigenvalue weighted by atomic mass is 16.5. The van der Waals surface area contributed by atoms with E-state index in [1.165, 1.54) is 16.5 Å². The lowest BCUT2D eigenvalue weighted by molar-refractivity contribution is -0.000990. The van der Waals surface area contributed by atoms with Crippen molar-refractivity contribution in [3.8, 4) is 0 Å². The molecule has 4 aromatic rings. The fraction of sp³-hybridized carbons (Fsp3) is 0.208. The lowest BCUT2D eigenvalue weighted by Crippen LogP contribution is -2.30.